The van der Waals surface area contributed by atoms with Crippen LogP contribution in [0.25, 0.3) is 23.0 Å². The summed E-state index contributed by atoms with van der Waals surface area (Å²) in [5.74, 6) is 1.24. The maximum atomic E-state index is 4.41. The second-order valence-corrected chi connectivity index (χ2v) is 15.5. The van der Waals surface area contributed by atoms with E-state index in [1.807, 2.05) is 18.2 Å². The van der Waals surface area contributed by atoms with Crippen molar-refractivity contribution in [2.45, 2.75) is 194 Å². The molecule has 0 aromatic carbocycles. The Morgan fingerprint density at radius 3 is 1.09 bits per heavy atom. The summed E-state index contributed by atoms with van der Waals surface area (Å²) >= 11 is 0. The Morgan fingerprint density at radius 1 is 0.481 bits per heavy atom. The SMILES string of the molecule is CCCCCCCCCCCCCCCCN1[CH-]N(CCCCCCCCCCCCCCCC)CC1.[Au+3].c1cc(-c2ncc[n-]2)nc(-c2ncc[n-]2)c1. The predicted molar refractivity (Wildman–Crippen MR) is 225 cm³/mol. The van der Waals surface area contributed by atoms with Gasteiger partial charge in [0, 0.05) is 0 Å². The van der Waals surface area contributed by atoms with E-state index in [-0.39, 0.29) is 22.4 Å². The first kappa shape index (κ1) is 48.4. The summed E-state index contributed by atoms with van der Waals surface area (Å²) in [4.78, 5) is 26.0. The Morgan fingerprint density at radius 2 is 0.796 bits per heavy atom. The van der Waals surface area contributed by atoms with E-state index in [4.69, 9.17) is 0 Å². The first-order valence-corrected chi connectivity index (χ1v) is 22.5. The van der Waals surface area contributed by atoms with E-state index >= 15 is 0 Å². The average Bonchev–Trinajstić information content (AvgIpc) is 4.00. The van der Waals surface area contributed by atoms with Gasteiger partial charge in [-0.05, 0) is 62.8 Å². The van der Waals surface area contributed by atoms with E-state index in [0.29, 0.717) is 11.6 Å². The molecule has 0 atom stereocenters. The van der Waals surface area contributed by atoms with Gasteiger partial charge in [0.05, 0.1) is 11.4 Å². The van der Waals surface area contributed by atoms with Crippen molar-refractivity contribution in [2.24, 2.45) is 0 Å². The molecule has 4 heterocycles. The van der Waals surface area contributed by atoms with Crippen LogP contribution in [0.15, 0.2) is 43.0 Å². The zero-order valence-corrected chi connectivity index (χ0v) is 36.8. The van der Waals surface area contributed by atoms with E-state index in [9.17, 15) is 0 Å². The van der Waals surface area contributed by atoms with E-state index in [0.717, 1.165) is 11.4 Å². The monoisotopic (exact) mass is 926 g/mol. The van der Waals surface area contributed by atoms with Gasteiger partial charge >= 0.3 is 22.4 Å². The van der Waals surface area contributed by atoms with Crippen molar-refractivity contribution in [3.05, 3.63) is 49.7 Å². The Hall–Kier alpha value is -1.77. The number of pyridine rings is 1. The zero-order valence-electron chi connectivity index (χ0n) is 34.7. The fourth-order valence-corrected chi connectivity index (χ4v) is 7.39. The molecular formula is C46H78AuN7. The van der Waals surface area contributed by atoms with Gasteiger partial charge < -0.3 is 29.7 Å². The first-order valence-electron chi connectivity index (χ1n) is 22.5. The van der Waals surface area contributed by atoms with Crippen molar-refractivity contribution in [1.29, 1.82) is 0 Å². The van der Waals surface area contributed by atoms with Gasteiger partial charge in [0.15, 0.2) is 0 Å². The number of aromatic nitrogens is 5. The minimum absolute atomic E-state index is 0. The van der Waals surface area contributed by atoms with E-state index in [1.165, 1.54) is 206 Å². The van der Waals surface area contributed by atoms with E-state index < -0.39 is 0 Å². The molecule has 1 saturated heterocycles. The van der Waals surface area contributed by atoms with Gasteiger partial charge in [0.25, 0.3) is 0 Å². The Bertz CT molecular complexity index is 1100. The van der Waals surface area contributed by atoms with E-state index in [1.54, 1.807) is 24.8 Å². The number of imidazole rings is 2. The molecular weight excluding hydrogens is 848 g/mol. The summed E-state index contributed by atoms with van der Waals surface area (Å²) in [6.45, 7) is 12.2. The Balaban J connectivity index is 0.000000486. The summed E-state index contributed by atoms with van der Waals surface area (Å²) in [5.41, 5.74) is 1.46. The minimum atomic E-state index is 0. The average molecular weight is 926 g/mol. The molecule has 0 bridgehead atoms. The normalized spacial score (nSPS) is 13.2. The molecule has 3 aromatic heterocycles. The fourth-order valence-electron chi connectivity index (χ4n) is 7.39. The van der Waals surface area contributed by atoms with Crippen LogP contribution in [0.1, 0.15) is 194 Å². The maximum absolute atomic E-state index is 4.41. The van der Waals surface area contributed by atoms with Crippen LogP contribution >= 0.6 is 0 Å². The number of hydrogen-bond donors (Lipinski definition) is 0. The van der Waals surface area contributed by atoms with E-state index in [2.05, 4.69) is 55.2 Å². The summed E-state index contributed by atoms with van der Waals surface area (Å²) < 4.78 is 0. The molecule has 54 heavy (non-hydrogen) atoms. The molecule has 1 aliphatic heterocycles. The molecule has 4 rings (SSSR count). The molecule has 0 amide bonds. The van der Waals surface area contributed by atoms with Gasteiger partial charge in [-0.3, -0.25) is 0 Å². The van der Waals surface area contributed by atoms with Crippen LogP contribution in [-0.2, 0) is 22.4 Å². The maximum Gasteiger partial charge on any atom is 3.00 e. The summed E-state index contributed by atoms with van der Waals surface area (Å²) in [6, 6.07) is 5.62. The van der Waals surface area contributed by atoms with Crippen LogP contribution < -0.4 is 9.97 Å². The third kappa shape index (κ3) is 24.0. The molecule has 0 aliphatic carbocycles. The summed E-state index contributed by atoms with van der Waals surface area (Å²) in [7, 11) is 0. The van der Waals surface area contributed by atoms with Crippen LogP contribution in [0.2, 0.25) is 0 Å². The topological polar surface area (TPSA) is 73.3 Å². The number of unbranched alkanes of at least 4 members (excludes halogenated alkanes) is 26. The Kier molecular flexibility index (Phi) is 30.9. The van der Waals surface area contributed by atoms with Gasteiger partial charge in [0.1, 0.15) is 0 Å². The van der Waals surface area contributed by atoms with Crippen molar-refractivity contribution in [3.8, 4) is 23.0 Å². The largest absolute Gasteiger partial charge is 3.00 e. The fraction of sp³-hybridized carbons (Fsp3) is 0.739. The number of hydrogen-bond acceptors (Lipinski definition) is 5. The third-order valence-electron chi connectivity index (χ3n) is 10.7. The van der Waals surface area contributed by atoms with Crippen molar-refractivity contribution in [1.82, 2.24) is 34.7 Å². The smallest absolute Gasteiger partial charge is 0.442 e. The van der Waals surface area contributed by atoms with Crippen molar-refractivity contribution in [2.75, 3.05) is 26.2 Å². The molecule has 0 saturated carbocycles. The van der Waals surface area contributed by atoms with Crippen LogP contribution in [0.4, 0.5) is 0 Å². The van der Waals surface area contributed by atoms with Crippen molar-refractivity contribution in [3.63, 3.8) is 0 Å². The van der Waals surface area contributed by atoms with Crippen LogP contribution in [0.3, 0.4) is 0 Å². The molecule has 8 heteroatoms. The standard InChI is InChI=1S/C35H71N2.C11H7N5.Au/c1-3-5-7-9-11-13-15-17-19-21-23-25-27-29-31-36-33-34-37(35-36)32-30-28-26-24-22-20-18-16-14-12-10-8-6-4-2;1-2-8(10-12-4-5-13-10)16-9(3-1)11-14-6-7-15-11;/h35H,3-34H2,1-2H3;1-7H;/q-1;-2;+3. The van der Waals surface area contributed by atoms with Gasteiger partial charge in [-0.25, -0.2) is 11.7 Å². The summed E-state index contributed by atoms with van der Waals surface area (Å²) in [5, 5.41) is 0. The first-order chi connectivity index (χ1) is 26.3. The third-order valence-corrected chi connectivity index (χ3v) is 10.7. The molecule has 0 spiro atoms. The van der Waals surface area contributed by atoms with Gasteiger partial charge in [0.2, 0.25) is 0 Å². The van der Waals surface area contributed by atoms with Gasteiger partial charge in [-0.1, -0.05) is 212 Å². The predicted octanol–water partition coefficient (Wildman–Crippen LogP) is 12.8. The molecule has 0 N–H and O–H groups in total. The molecule has 0 radical (unpaired) electrons. The second kappa shape index (κ2) is 34.5. The number of rotatable bonds is 32. The molecule has 7 nitrogen and oxygen atoms in total. The summed E-state index contributed by atoms with van der Waals surface area (Å²) in [6.07, 6.45) is 47.2. The van der Waals surface area contributed by atoms with Gasteiger partial charge in [-0.15, -0.1) is 0 Å². The molecule has 308 valence electrons. The molecule has 0 unspecified atom stereocenters. The Labute approximate surface area is 348 Å². The quantitative estimate of drug-likeness (QED) is 0.0351. The van der Waals surface area contributed by atoms with Crippen LogP contribution in [0.5, 0.6) is 0 Å². The van der Waals surface area contributed by atoms with Crippen molar-refractivity contribution >= 4 is 0 Å². The number of nitrogens with zero attached hydrogens (tertiary/aromatic N) is 7. The molecule has 1 fully saturated rings. The van der Waals surface area contributed by atoms with Crippen molar-refractivity contribution < 1.29 is 22.4 Å². The molecule has 1 aliphatic rings. The van der Waals surface area contributed by atoms with Gasteiger partial charge in [-0.2, -0.15) is 0 Å². The minimum Gasteiger partial charge on any atom is -0.442 e. The van der Waals surface area contributed by atoms with Crippen LogP contribution in [0, 0.1) is 6.67 Å². The second-order valence-electron chi connectivity index (χ2n) is 15.5. The van der Waals surface area contributed by atoms with Crippen LogP contribution in [-0.4, -0.2) is 50.9 Å². The molecule has 3 aromatic rings. The zero-order chi connectivity index (χ0) is 37.3.